The second-order valence-corrected chi connectivity index (χ2v) is 4.02. The summed E-state index contributed by atoms with van der Waals surface area (Å²) in [5.41, 5.74) is -0.0160. The van der Waals surface area contributed by atoms with E-state index < -0.39 is 18.0 Å². The smallest absolute Gasteiger partial charge is 0.339 e. The van der Waals surface area contributed by atoms with Gasteiger partial charge in [-0.15, -0.1) is 0 Å². The fourth-order valence-corrected chi connectivity index (χ4v) is 1.31. The van der Waals surface area contributed by atoms with Crippen LogP contribution in [0, 0.1) is 0 Å². The van der Waals surface area contributed by atoms with E-state index in [9.17, 15) is 9.59 Å². The second-order valence-electron chi connectivity index (χ2n) is 4.02. The van der Waals surface area contributed by atoms with Gasteiger partial charge in [0.05, 0.1) is 12.7 Å². The maximum Gasteiger partial charge on any atom is 0.339 e. The second kappa shape index (κ2) is 9.94. The van der Waals surface area contributed by atoms with Crippen LogP contribution in [-0.2, 0) is 4.79 Å². The van der Waals surface area contributed by atoms with E-state index in [1.807, 2.05) is 6.92 Å². The van der Waals surface area contributed by atoms with Crippen LogP contribution in [0.3, 0.4) is 0 Å². The number of esters is 1. The number of rotatable bonds is 5. The third kappa shape index (κ3) is 7.50. The molecule has 6 heteroatoms. The molecule has 0 fully saturated rings. The van der Waals surface area contributed by atoms with Crippen molar-refractivity contribution in [3.05, 3.63) is 29.8 Å². The first-order chi connectivity index (χ1) is 9.42. The van der Waals surface area contributed by atoms with E-state index in [0.717, 1.165) is 6.42 Å². The third-order valence-corrected chi connectivity index (χ3v) is 2.20. The SMILES string of the molecule is CC(=O)Oc1ccccc1C(=O)O.CCCC(O)CO. The van der Waals surface area contributed by atoms with E-state index >= 15 is 0 Å². The van der Waals surface area contributed by atoms with Crippen LogP contribution >= 0.6 is 0 Å². The zero-order valence-electron chi connectivity index (χ0n) is 11.6. The quantitative estimate of drug-likeness (QED) is 0.558. The number of carboxylic acid groups (broad SMARTS) is 1. The van der Waals surface area contributed by atoms with Gasteiger partial charge in [0.1, 0.15) is 11.3 Å². The van der Waals surface area contributed by atoms with E-state index in [0.29, 0.717) is 6.42 Å². The van der Waals surface area contributed by atoms with Gasteiger partial charge in [0, 0.05) is 6.92 Å². The van der Waals surface area contributed by atoms with Crippen LogP contribution in [0.1, 0.15) is 37.0 Å². The summed E-state index contributed by atoms with van der Waals surface area (Å²) in [7, 11) is 0. The molecule has 0 bridgehead atoms. The number of aromatic carboxylic acids is 1. The highest BCUT2D eigenvalue weighted by Crippen LogP contribution is 2.17. The molecule has 1 rings (SSSR count). The number of carboxylic acids is 1. The maximum atomic E-state index is 10.6. The molecule has 0 heterocycles. The van der Waals surface area contributed by atoms with Crippen molar-refractivity contribution in [1.82, 2.24) is 0 Å². The average molecular weight is 284 g/mol. The molecule has 6 nitrogen and oxygen atoms in total. The summed E-state index contributed by atoms with van der Waals surface area (Å²) in [5, 5.41) is 25.5. The lowest BCUT2D eigenvalue weighted by Crippen LogP contribution is -2.10. The van der Waals surface area contributed by atoms with Crippen LogP contribution in [0.4, 0.5) is 0 Å². The predicted octanol–water partition coefficient (Wildman–Crippen LogP) is 1.45. The predicted molar refractivity (Wildman–Crippen MR) is 72.7 cm³/mol. The molecule has 0 radical (unpaired) electrons. The Morgan fingerprint density at radius 1 is 1.30 bits per heavy atom. The van der Waals surface area contributed by atoms with Crippen molar-refractivity contribution in [2.24, 2.45) is 0 Å². The Balaban J connectivity index is 0.000000441. The maximum absolute atomic E-state index is 10.6. The van der Waals surface area contributed by atoms with Crippen molar-refractivity contribution >= 4 is 11.9 Å². The van der Waals surface area contributed by atoms with E-state index in [1.165, 1.54) is 19.1 Å². The van der Waals surface area contributed by atoms with Gasteiger partial charge < -0.3 is 20.1 Å². The molecule has 1 atom stereocenters. The van der Waals surface area contributed by atoms with Crippen molar-refractivity contribution < 1.29 is 29.6 Å². The number of aliphatic hydroxyl groups excluding tert-OH is 2. The van der Waals surface area contributed by atoms with Gasteiger partial charge in [-0.3, -0.25) is 4.79 Å². The summed E-state index contributed by atoms with van der Waals surface area (Å²) in [5.74, 6) is -1.58. The lowest BCUT2D eigenvalue weighted by atomic mass is 10.2. The van der Waals surface area contributed by atoms with Crippen molar-refractivity contribution in [3.8, 4) is 5.75 Å². The summed E-state index contributed by atoms with van der Waals surface area (Å²) in [6.45, 7) is 3.09. The van der Waals surface area contributed by atoms with Gasteiger partial charge in [0.25, 0.3) is 0 Å². The van der Waals surface area contributed by atoms with E-state index in [2.05, 4.69) is 4.74 Å². The summed E-state index contributed by atoms with van der Waals surface area (Å²) in [6, 6.07) is 5.98. The van der Waals surface area contributed by atoms with Gasteiger partial charge in [-0.2, -0.15) is 0 Å². The molecule has 112 valence electrons. The van der Waals surface area contributed by atoms with Crippen LogP contribution in [0.2, 0.25) is 0 Å². The molecule has 3 N–H and O–H groups in total. The van der Waals surface area contributed by atoms with Gasteiger partial charge in [-0.1, -0.05) is 25.5 Å². The molecule has 0 aromatic heterocycles. The molecule has 20 heavy (non-hydrogen) atoms. The van der Waals surface area contributed by atoms with Crippen LogP contribution in [-0.4, -0.2) is 40.0 Å². The summed E-state index contributed by atoms with van der Waals surface area (Å²) >= 11 is 0. The molecular formula is C14H20O6. The fraction of sp³-hybridized carbons (Fsp3) is 0.429. The number of hydrogen-bond donors (Lipinski definition) is 3. The van der Waals surface area contributed by atoms with Gasteiger partial charge in [0.15, 0.2) is 0 Å². The zero-order chi connectivity index (χ0) is 15.5. The molecule has 0 aliphatic rings. The van der Waals surface area contributed by atoms with Crippen molar-refractivity contribution in [2.45, 2.75) is 32.8 Å². The molecule has 0 amide bonds. The molecule has 0 saturated carbocycles. The number of carbonyl (C=O) groups is 2. The number of hydrogen-bond acceptors (Lipinski definition) is 5. The normalized spacial score (nSPS) is 11.0. The number of benzene rings is 1. The van der Waals surface area contributed by atoms with Gasteiger partial charge in [0.2, 0.25) is 0 Å². The van der Waals surface area contributed by atoms with Gasteiger partial charge in [-0.25, -0.2) is 4.79 Å². The number of aliphatic hydroxyl groups is 2. The van der Waals surface area contributed by atoms with E-state index in [-0.39, 0.29) is 17.9 Å². The number of carbonyl (C=O) groups excluding carboxylic acids is 1. The van der Waals surface area contributed by atoms with E-state index in [1.54, 1.807) is 12.1 Å². The lowest BCUT2D eigenvalue weighted by molar-refractivity contribution is -0.131. The highest BCUT2D eigenvalue weighted by molar-refractivity contribution is 5.91. The molecule has 0 aliphatic heterocycles. The minimum Gasteiger partial charge on any atom is -0.478 e. The lowest BCUT2D eigenvalue weighted by Gasteiger charge is -2.03. The zero-order valence-corrected chi connectivity index (χ0v) is 11.6. The van der Waals surface area contributed by atoms with Crippen LogP contribution in [0.25, 0.3) is 0 Å². The largest absolute Gasteiger partial charge is 0.478 e. The molecule has 0 saturated heterocycles. The topological polar surface area (TPSA) is 104 Å². The molecule has 1 aromatic rings. The monoisotopic (exact) mass is 284 g/mol. The summed E-state index contributed by atoms with van der Waals surface area (Å²) in [4.78, 5) is 21.2. The Kier molecular flexibility index (Phi) is 8.98. The Bertz CT molecular complexity index is 429. The fourth-order valence-electron chi connectivity index (χ4n) is 1.31. The Morgan fingerprint density at radius 3 is 2.30 bits per heavy atom. The Morgan fingerprint density at radius 2 is 1.90 bits per heavy atom. The highest BCUT2D eigenvalue weighted by Gasteiger charge is 2.10. The minimum atomic E-state index is -1.11. The number of para-hydroxylation sites is 1. The van der Waals surface area contributed by atoms with Gasteiger partial charge >= 0.3 is 11.9 Å². The first-order valence-electron chi connectivity index (χ1n) is 6.22. The molecule has 1 aromatic carbocycles. The van der Waals surface area contributed by atoms with Crippen LogP contribution < -0.4 is 4.74 Å². The van der Waals surface area contributed by atoms with E-state index in [4.69, 9.17) is 15.3 Å². The van der Waals surface area contributed by atoms with Crippen molar-refractivity contribution in [2.75, 3.05) is 6.61 Å². The molecule has 0 aliphatic carbocycles. The van der Waals surface area contributed by atoms with Gasteiger partial charge in [-0.05, 0) is 18.6 Å². The Hall–Kier alpha value is -1.92. The van der Waals surface area contributed by atoms with Crippen LogP contribution in [0.5, 0.6) is 5.75 Å². The summed E-state index contributed by atoms with van der Waals surface area (Å²) in [6.07, 6.45) is 1.14. The Labute approximate surface area is 117 Å². The van der Waals surface area contributed by atoms with Crippen LogP contribution in [0.15, 0.2) is 24.3 Å². The average Bonchev–Trinajstić information content (AvgIpc) is 2.39. The molecule has 1 unspecified atom stereocenters. The molecular weight excluding hydrogens is 264 g/mol. The van der Waals surface area contributed by atoms with Crippen molar-refractivity contribution in [3.63, 3.8) is 0 Å². The highest BCUT2D eigenvalue weighted by atomic mass is 16.5. The molecule has 0 spiro atoms. The first-order valence-corrected chi connectivity index (χ1v) is 6.22. The standard InChI is InChI=1S/C9H8O4.C5H12O2/c1-6(10)13-8-5-3-2-4-7(8)9(11)12;1-2-3-5(7)4-6/h2-5H,1H3,(H,11,12);5-7H,2-4H2,1H3. The first kappa shape index (κ1) is 18.1. The minimum absolute atomic E-state index is 0.0160. The number of ether oxygens (including phenoxy) is 1. The third-order valence-electron chi connectivity index (χ3n) is 2.20. The summed E-state index contributed by atoms with van der Waals surface area (Å²) < 4.78 is 4.69. The van der Waals surface area contributed by atoms with Crippen molar-refractivity contribution in [1.29, 1.82) is 0 Å².